The molecule has 146 valence electrons. The molecule has 0 spiro atoms. The minimum Gasteiger partial charge on any atom is -0.338 e. The summed E-state index contributed by atoms with van der Waals surface area (Å²) in [6.45, 7) is 5.45. The molecule has 0 saturated carbocycles. The molecule has 1 aromatic carbocycles. The van der Waals surface area contributed by atoms with Gasteiger partial charge < -0.3 is 9.80 Å². The Kier molecular flexibility index (Phi) is 4.68. The van der Waals surface area contributed by atoms with Crippen LogP contribution in [0.25, 0.3) is 16.9 Å². The zero-order chi connectivity index (χ0) is 19.8. The van der Waals surface area contributed by atoms with Gasteiger partial charge in [-0.3, -0.25) is 9.89 Å². The number of nitrogens with one attached hydrogen (secondary N) is 1. The number of anilines is 1. The number of aryl methyl sites for hydroxylation is 1. The highest BCUT2D eigenvalue weighted by Crippen LogP contribution is 2.22. The van der Waals surface area contributed by atoms with Crippen LogP contribution in [-0.4, -0.2) is 57.9 Å². The highest BCUT2D eigenvalue weighted by molar-refractivity contribution is 5.61. The lowest BCUT2D eigenvalue weighted by Gasteiger charge is -2.32. The van der Waals surface area contributed by atoms with Crippen molar-refractivity contribution in [2.75, 3.05) is 38.1 Å². The third kappa shape index (κ3) is 3.53. The van der Waals surface area contributed by atoms with Crippen LogP contribution in [0.4, 0.5) is 14.7 Å². The van der Waals surface area contributed by atoms with Crippen molar-refractivity contribution in [3.05, 3.63) is 58.1 Å². The average Bonchev–Trinajstić information content (AvgIpc) is 3.03. The maximum absolute atomic E-state index is 13.5. The topological polar surface area (TPSA) is 70.1 Å². The van der Waals surface area contributed by atoms with Crippen LogP contribution in [0.3, 0.4) is 0 Å². The predicted molar refractivity (Wildman–Crippen MR) is 102 cm³/mol. The van der Waals surface area contributed by atoms with Crippen LogP contribution in [0.2, 0.25) is 0 Å². The standard InChI is InChI=1S/C19H20F2N6O/c1-12-16(11-22-19(23-12)26-5-3-25(2)4-6-26)17-10-18(28)27(24-17)15-8-13(20)7-14(21)9-15/h7-11,24H,3-6H2,1-2H3. The SMILES string of the molecule is Cc1nc(N2CCN(C)CC2)ncc1-c1cc(=O)n(-c2cc(F)cc(F)c2)[nH]1. The largest absolute Gasteiger partial charge is 0.338 e. The van der Waals surface area contributed by atoms with Crippen molar-refractivity contribution in [1.82, 2.24) is 24.6 Å². The molecule has 9 heteroatoms. The number of aromatic amines is 1. The molecule has 1 aliphatic rings. The van der Waals surface area contributed by atoms with E-state index in [1.54, 1.807) is 6.20 Å². The summed E-state index contributed by atoms with van der Waals surface area (Å²) >= 11 is 0. The summed E-state index contributed by atoms with van der Waals surface area (Å²) in [6, 6.07) is 4.30. The van der Waals surface area contributed by atoms with E-state index in [1.165, 1.54) is 6.07 Å². The molecule has 2 aromatic heterocycles. The Morgan fingerprint density at radius 3 is 2.36 bits per heavy atom. The fourth-order valence-corrected chi connectivity index (χ4v) is 3.27. The molecule has 1 saturated heterocycles. The van der Waals surface area contributed by atoms with Gasteiger partial charge in [0.2, 0.25) is 5.95 Å². The minimum atomic E-state index is -0.755. The van der Waals surface area contributed by atoms with Crippen LogP contribution in [0, 0.1) is 18.6 Å². The second kappa shape index (κ2) is 7.16. The van der Waals surface area contributed by atoms with Crippen LogP contribution in [0.1, 0.15) is 5.69 Å². The first-order valence-corrected chi connectivity index (χ1v) is 8.97. The summed E-state index contributed by atoms with van der Waals surface area (Å²) in [5.41, 5.74) is 1.51. The highest BCUT2D eigenvalue weighted by atomic mass is 19.1. The van der Waals surface area contributed by atoms with E-state index >= 15 is 0 Å². The maximum Gasteiger partial charge on any atom is 0.271 e. The van der Waals surface area contributed by atoms with Gasteiger partial charge in [0.05, 0.1) is 17.1 Å². The first-order chi connectivity index (χ1) is 13.4. The number of halogens is 2. The van der Waals surface area contributed by atoms with E-state index in [0.29, 0.717) is 22.9 Å². The van der Waals surface area contributed by atoms with Gasteiger partial charge in [-0.2, -0.15) is 0 Å². The van der Waals surface area contributed by atoms with E-state index in [1.807, 2.05) is 6.92 Å². The Morgan fingerprint density at radius 1 is 1.04 bits per heavy atom. The Labute approximate surface area is 160 Å². The summed E-state index contributed by atoms with van der Waals surface area (Å²) in [5, 5.41) is 2.88. The summed E-state index contributed by atoms with van der Waals surface area (Å²) in [7, 11) is 2.08. The molecule has 1 aliphatic heterocycles. The van der Waals surface area contributed by atoms with Gasteiger partial charge in [-0.25, -0.2) is 23.4 Å². The zero-order valence-corrected chi connectivity index (χ0v) is 15.6. The lowest BCUT2D eigenvalue weighted by molar-refractivity contribution is 0.311. The first-order valence-electron chi connectivity index (χ1n) is 8.97. The van der Waals surface area contributed by atoms with E-state index < -0.39 is 17.2 Å². The van der Waals surface area contributed by atoms with Crippen LogP contribution in [0.5, 0.6) is 0 Å². The molecule has 0 amide bonds. The van der Waals surface area contributed by atoms with E-state index in [9.17, 15) is 13.6 Å². The van der Waals surface area contributed by atoms with E-state index in [2.05, 4.69) is 31.9 Å². The zero-order valence-electron chi connectivity index (χ0n) is 15.6. The number of rotatable bonds is 3. The van der Waals surface area contributed by atoms with Crippen molar-refractivity contribution in [2.24, 2.45) is 0 Å². The lowest BCUT2D eigenvalue weighted by atomic mass is 10.2. The third-order valence-corrected chi connectivity index (χ3v) is 4.87. The monoisotopic (exact) mass is 386 g/mol. The van der Waals surface area contributed by atoms with Gasteiger partial charge in [0.25, 0.3) is 5.56 Å². The Balaban J connectivity index is 1.65. The molecular formula is C19H20F2N6O. The van der Waals surface area contributed by atoms with Gasteiger partial charge in [0, 0.05) is 50.1 Å². The van der Waals surface area contributed by atoms with Gasteiger partial charge in [0.15, 0.2) is 0 Å². The number of hydrogen-bond donors (Lipinski definition) is 1. The predicted octanol–water partition coefficient (Wildman–Crippen LogP) is 1.96. The third-order valence-electron chi connectivity index (χ3n) is 4.87. The van der Waals surface area contributed by atoms with E-state index in [-0.39, 0.29) is 5.69 Å². The number of H-pyrrole nitrogens is 1. The van der Waals surface area contributed by atoms with Gasteiger partial charge in [-0.1, -0.05) is 0 Å². The van der Waals surface area contributed by atoms with Crippen molar-refractivity contribution >= 4 is 5.95 Å². The molecule has 0 bridgehead atoms. The minimum absolute atomic E-state index is 0.0846. The average molecular weight is 386 g/mol. The molecule has 1 N–H and O–H groups in total. The number of piperazine rings is 1. The van der Waals surface area contributed by atoms with Crippen molar-refractivity contribution < 1.29 is 8.78 Å². The van der Waals surface area contributed by atoms with Gasteiger partial charge in [0.1, 0.15) is 11.6 Å². The molecule has 4 rings (SSSR count). The number of aromatic nitrogens is 4. The fourth-order valence-electron chi connectivity index (χ4n) is 3.27. The van der Waals surface area contributed by atoms with Gasteiger partial charge in [-0.05, 0) is 26.1 Å². The molecule has 0 radical (unpaired) electrons. The van der Waals surface area contributed by atoms with E-state index in [0.717, 1.165) is 49.1 Å². The first kappa shape index (κ1) is 18.3. The highest BCUT2D eigenvalue weighted by Gasteiger charge is 2.18. The molecule has 0 aliphatic carbocycles. The van der Waals surface area contributed by atoms with Crippen molar-refractivity contribution in [3.8, 4) is 16.9 Å². The number of likely N-dealkylation sites (N-methyl/N-ethyl adjacent to an activating group) is 1. The van der Waals surface area contributed by atoms with Crippen LogP contribution >= 0.6 is 0 Å². The summed E-state index contributed by atoms with van der Waals surface area (Å²) in [5.74, 6) is -0.855. The number of benzene rings is 1. The van der Waals surface area contributed by atoms with Crippen LogP contribution in [-0.2, 0) is 0 Å². The number of nitrogens with zero attached hydrogens (tertiary/aromatic N) is 5. The summed E-state index contributed by atoms with van der Waals surface area (Å²) < 4.78 is 28.1. The maximum atomic E-state index is 13.5. The van der Waals surface area contributed by atoms with Crippen LogP contribution < -0.4 is 10.5 Å². The molecule has 3 heterocycles. The van der Waals surface area contributed by atoms with Gasteiger partial charge in [-0.15, -0.1) is 0 Å². The molecule has 7 nitrogen and oxygen atoms in total. The van der Waals surface area contributed by atoms with Crippen molar-refractivity contribution in [2.45, 2.75) is 6.92 Å². The molecule has 0 unspecified atom stereocenters. The van der Waals surface area contributed by atoms with Crippen molar-refractivity contribution in [3.63, 3.8) is 0 Å². The molecular weight excluding hydrogens is 366 g/mol. The smallest absolute Gasteiger partial charge is 0.271 e. The second-order valence-electron chi connectivity index (χ2n) is 6.93. The normalized spacial score (nSPS) is 15.2. The fraction of sp³-hybridized carbons (Fsp3) is 0.316. The van der Waals surface area contributed by atoms with E-state index in [4.69, 9.17) is 0 Å². The molecule has 1 fully saturated rings. The second-order valence-corrected chi connectivity index (χ2v) is 6.93. The lowest BCUT2D eigenvalue weighted by Crippen LogP contribution is -2.45. The Bertz CT molecular complexity index is 1050. The summed E-state index contributed by atoms with van der Waals surface area (Å²) in [6.07, 6.45) is 1.66. The van der Waals surface area contributed by atoms with Crippen molar-refractivity contribution in [1.29, 1.82) is 0 Å². The molecule has 3 aromatic rings. The van der Waals surface area contributed by atoms with Gasteiger partial charge >= 0.3 is 0 Å². The van der Waals surface area contributed by atoms with Crippen LogP contribution in [0.15, 0.2) is 35.3 Å². The Hall–Kier alpha value is -3.07. The summed E-state index contributed by atoms with van der Waals surface area (Å²) in [4.78, 5) is 25.7. The Morgan fingerprint density at radius 2 is 1.71 bits per heavy atom. The number of hydrogen-bond acceptors (Lipinski definition) is 5. The molecule has 28 heavy (non-hydrogen) atoms. The quantitative estimate of drug-likeness (QED) is 0.745. The molecule has 0 atom stereocenters.